The first-order chi connectivity index (χ1) is 13.0. The Morgan fingerprint density at radius 3 is 2.44 bits per heavy atom. The van der Waals surface area contributed by atoms with Gasteiger partial charge in [-0.05, 0) is 12.1 Å². The lowest BCUT2D eigenvalue weighted by molar-refractivity contribution is -0.129. The number of aromatic nitrogens is 3. The molecule has 2 N–H and O–H groups in total. The molecule has 0 saturated carbocycles. The van der Waals surface area contributed by atoms with E-state index in [2.05, 4.69) is 19.9 Å². The van der Waals surface area contributed by atoms with Crippen molar-refractivity contribution in [3.63, 3.8) is 0 Å². The zero-order valence-electron chi connectivity index (χ0n) is 14.8. The Labute approximate surface area is 155 Å². The van der Waals surface area contributed by atoms with E-state index in [0.29, 0.717) is 16.9 Å². The molecule has 3 heterocycles. The molecule has 4 rings (SSSR count). The van der Waals surface area contributed by atoms with Crippen molar-refractivity contribution in [1.29, 1.82) is 0 Å². The van der Waals surface area contributed by atoms with Gasteiger partial charge in [-0.2, -0.15) is 0 Å². The van der Waals surface area contributed by atoms with Crippen molar-refractivity contribution in [3.8, 4) is 11.3 Å². The van der Waals surface area contributed by atoms with E-state index in [1.54, 1.807) is 13.1 Å². The maximum atomic E-state index is 11.4. The number of hydrogen-bond donors (Lipinski definition) is 2. The van der Waals surface area contributed by atoms with Gasteiger partial charge in [0.1, 0.15) is 11.1 Å². The number of rotatable bonds is 3. The molecule has 1 aliphatic rings. The third-order valence-corrected chi connectivity index (χ3v) is 4.86. The standard InChI is InChI=1S/C19H19N5O3/c1-12(25)23-6-8-24(9-7-23)14-4-2-13(3-5-14)16-11-21-18-17(22-16)15(10-20-18)19(26)27/h2-5,10-11H,6-9H2,1H3,(H,20,21)(H,26,27). The van der Waals surface area contributed by atoms with Crippen LogP contribution in [0.25, 0.3) is 22.4 Å². The summed E-state index contributed by atoms with van der Waals surface area (Å²) in [6, 6.07) is 7.94. The van der Waals surface area contributed by atoms with Crippen molar-refractivity contribution in [2.75, 3.05) is 31.1 Å². The summed E-state index contributed by atoms with van der Waals surface area (Å²) in [7, 11) is 0. The number of aromatic carboxylic acids is 1. The van der Waals surface area contributed by atoms with Gasteiger partial charge in [-0.3, -0.25) is 4.79 Å². The first-order valence-electron chi connectivity index (χ1n) is 8.71. The zero-order valence-corrected chi connectivity index (χ0v) is 14.8. The molecule has 138 valence electrons. The van der Waals surface area contributed by atoms with Crippen molar-refractivity contribution in [1.82, 2.24) is 19.9 Å². The number of carbonyl (C=O) groups excluding carboxylic acids is 1. The van der Waals surface area contributed by atoms with Crippen LogP contribution in [0.4, 0.5) is 5.69 Å². The van der Waals surface area contributed by atoms with Crippen LogP contribution in [0.3, 0.4) is 0 Å². The normalized spacial score (nSPS) is 14.6. The molecule has 0 atom stereocenters. The summed E-state index contributed by atoms with van der Waals surface area (Å²) in [6.45, 7) is 4.66. The van der Waals surface area contributed by atoms with E-state index in [1.165, 1.54) is 6.20 Å². The number of carboxylic acids is 1. The fourth-order valence-electron chi connectivity index (χ4n) is 3.32. The molecule has 0 spiro atoms. The molecule has 0 bridgehead atoms. The third kappa shape index (κ3) is 3.21. The number of carboxylic acid groups (broad SMARTS) is 1. The molecule has 1 aromatic carbocycles. The molecule has 3 aromatic rings. The summed E-state index contributed by atoms with van der Waals surface area (Å²) < 4.78 is 0. The van der Waals surface area contributed by atoms with Crippen molar-refractivity contribution in [3.05, 3.63) is 42.2 Å². The molecule has 1 fully saturated rings. The predicted octanol–water partition coefficient (Wildman–Crippen LogP) is 1.99. The molecule has 1 amide bonds. The van der Waals surface area contributed by atoms with Crippen LogP contribution in [0.5, 0.6) is 0 Å². The molecule has 0 radical (unpaired) electrons. The molecular formula is C19H19N5O3. The summed E-state index contributed by atoms with van der Waals surface area (Å²) in [4.78, 5) is 38.4. The molecule has 0 unspecified atom stereocenters. The number of H-pyrrole nitrogens is 1. The molecule has 0 aliphatic carbocycles. The van der Waals surface area contributed by atoms with Gasteiger partial charge in [-0.25, -0.2) is 14.8 Å². The van der Waals surface area contributed by atoms with E-state index in [4.69, 9.17) is 0 Å². The van der Waals surface area contributed by atoms with Gasteiger partial charge in [-0.15, -0.1) is 0 Å². The van der Waals surface area contributed by atoms with Crippen LogP contribution in [0.2, 0.25) is 0 Å². The van der Waals surface area contributed by atoms with E-state index in [0.717, 1.165) is 37.4 Å². The molecule has 1 saturated heterocycles. The van der Waals surface area contributed by atoms with E-state index < -0.39 is 5.97 Å². The van der Waals surface area contributed by atoms with Gasteiger partial charge in [0.2, 0.25) is 5.91 Å². The summed E-state index contributed by atoms with van der Waals surface area (Å²) in [5, 5.41) is 9.25. The number of fused-ring (bicyclic) bond motifs is 1. The van der Waals surface area contributed by atoms with E-state index in [9.17, 15) is 14.7 Å². The molecular weight excluding hydrogens is 346 g/mol. The average Bonchev–Trinajstić information content (AvgIpc) is 3.12. The van der Waals surface area contributed by atoms with Gasteiger partial charge in [0.05, 0.1) is 11.9 Å². The van der Waals surface area contributed by atoms with Crippen molar-refractivity contribution in [2.24, 2.45) is 0 Å². The Hall–Kier alpha value is -3.42. The van der Waals surface area contributed by atoms with E-state index in [1.807, 2.05) is 29.2 Å². The number of carbonyl (C=O) groups is 2. The van der Waals surface area contributed by atoms with Crippen LogP contribution in [0.15, 0.2) is 36.7 Å². The Bertz CT molecular complexity index is 1000. The second-order valence-corrected chi connectivity index (χ2v) is 6.50. The van der Waals surface area contributed by atoms with E-state index >= 15 is 0 Å². The summed E-state index contributed by atoms with van der Waals surface area (Å²) >= 11 is 0. The highest BCUT2D eigenvalue weighted by Crippen LogP contribution is 2.24. The number of aromatic amines is 1. The largest absolute Gasteiger partial charge is 0.478 e. The number of amides is 1. The number of anilines is 1. The fourth-order valence-corrected chi connectivity index (χ4v) is 3.32. The van der Waals surface area contributed by atoms with Gasteiger partial charge in [0, 0.05) is 50.6 Å². The van der Waals surface area contributed by atoms with Crippen molar-refractivity contribution in [2.45, 2.75) is 6.92 Å². The molecule has 1 aliphatic heterocycles. The van der Waals surface area contributed by atoms with Gasteiger partial charge in [0.15, 0.2) is 5.65 Å². The highest BCUT2D eigenvalue weighted by Gasteiger charge is 2.19. The summed E-state index contributed by atoms with van der Waals surface area (Å²) in [5.41, 5.74) is 3.49. The first kappa shape index (κ1) is 17.0. The Morgan fingerprint density at radius 2 is 1.81 bits per heavy atom. The van der Waals surface area contributed by atoms with Crippen molar-refractivity contribution < 1.29 is 14.7 Å². The number of nitrogens with zero attached hydrogens (tertiary/aromatic N) is 4. The predicted molar refractivity (Wildman–Crippen MR) is 101 cm³/mol. The van der Waals surface area contributed by atoms with Crippen LogP contribution < -0.4 is 4.90 Å². The fraction of sp³-hybridized carbons (Fsp3) is 0.263. The smallest absolute Gasteiger partial charge is 0.339 e. The number of piperazine rings is 1. The maximum Gasteiger partial charge on any atom is 0.339 e. The van der Waals surface area contributed by atoms with Crippen LogP contribution in [-0.2, 0) is 4.79 Å². The van der Waals surface area contributed by atoms with Crippen LogP contribution in [-0.4, -0.2) is 63.0 Å². The lowest BCUT2D eigenvalue weighted by atomic mass is 10.1. The lowest BCUT2D eigenvalue weighted by Crippen LogP contribution is -2.48. The van der Waals surface area contributed by atoms with Gasteiger partial charge < -0.3 is 19.9 Å². The average molecular weight is 365 g/mol. The summed E-state index contributed by atoms with van der Waals surface area (Å²) in [5.74, 6) is -0.919. The lowest BCUT2D eigenvalue weighted by Gasteiger charge is -2.35. The highest BCUT2D eigenvalue weighted by atomic mass is 16.4. The second-order valence-electron chi connectivity index (χ2n) is 6.50. The molecule has 27 heavy (non-hydrogen) atoms. The minimum Gasteiger partial charge on any atom is -0.478 e. The third-order valence-electron chi connectivity index (χ3n) is 4.86. The second kappa shape index (κ2) is 6.71. The van der Waals surface area contributed by atoms with Gasteiger partial charge in [0.25, 0.3) is 0 Å². The molecule has 8 heteroatoms. The van der Waals surface area contributed by atoms with Crippen LogP contribution in [0.1, 0.15) is 17.3 Å². The zero-order chi connectivity index (χ0) is 19.0. The van der Waals surface area contributed by atoms with Gasteiger partial charge in [-0.1, -0.05) is 12.1 Å². The summed E-state index contributed by atoms with van der Waals surface area (Å²) in [6.07, 6.45) is 3.03. The minimum atomic E-state index is -1.03. The SMILES string of the molecule is CC(=O)N1CCN(c2ccc(-c3cnc4[nH]cc(C(=O)O)c4n3)cc2)CC1. The number of nitrogens with one attached hydrogen (secondary N) is 1. The Balaban J connectivity index is 1.56. The molecule has 2 aromatic heterocycles. The highest BCUT2D eigenvalue weighted by molar-refractivity contribution is 6.00. The molecule has 8 nitrogen and oxygen atoms in total. The quantitative estimate of drug-likeness (QED) is 0.736. The maximum absolute atomic E-state index is 11.4. The Morgan fingerprint density at radius 1 is 1.11 bits per heavy atom. The number of hydrogen-bond acceptors (Lipinski definition) is 5. The van der Waals surface area contributed by atoms with Crippen molar-refractivity contribution >= 4 is 28.7 Å². The minimum absolute atomic E-state index is 0.110. The Kier molecular flexibility index (Phi) is 4.23. The first-order valence-corrected chi connectivity index (χ1v) is 8.71. The topological polar surface area (TPSA) is 102 Å². The van der Waals surface area contributed by atoms with Crippen LogP contribution in [0, 0.1) is 0 Å². The van der Waals surface area contributed by atoms with E-state index in [-0.39, 0.29) is 11.5 Å². The van der Waals surface area contributed by atoms with Gasteiger partial charge >= 0.3 is 5.97 Å². The monoisotopic (exact) mass is 365 g/mol. The van der Waals surface area contributed by atoms with Crippen LogP contribution >= 0.6 is 0 Å². The number of benzene rings is 1.